The molecule has 0 spiro atoms. The molecule has 1 aliphatic carbocycles. The van der Waals surface area contributed by atoms with Gasteiger partial charge < -0.3 is 5.32 Å². The Bertz CT molecular complexity index is 461. The monoisotopic (exact) mass is 243 g/mol. The lowest BCUT2D eigenvalue weighted by molar-refractivity contribution is 0.260. The fourth-order valence-electron chi connectivity index (χ4n) is 2.68. The second kappa shape index (κ2) is 5.39. The minimum absolute atomic E-state index is 0.456. The first-order chi connectivity index (χ1) is 8.61. The van der Waals surface area contributed by atoms with Crippen molar-refractivity contribution >= 4 is 5.82 Å². The van der Waals surface area contributed by atoms with Crippen molar-refractivity contribution in [1.29, 1.82) is 5.26 Å². The fourth-order valence-corrected chi connectivity index (χ4v) is 2.68. The standard InChI is InChI=1S/C15H21N3/c1-10-4-5-13(8-12(10)3)18-15-14(9-16)11(2)6-7-17-15/h6-7,10,12-13H,4-5,8H2,1-3H3,(H,17,18). The molecule has 0 aliphatic heterocycles. The van der Waals surface area contributed by atoms with Crippen LogP contribution in [0.1, 0.15) is 44.2 Å². The minimum atomic E-state index is 0.456. The lowest BCUT2D eigenvalue weighted by atomic mass is 9.79. The quantitative estimate of drug-likeness (QED) is 0.864. The van der Waals surface area contributed by atoms with Crippen LogP contribution in [0.15, 0.2) is 12.3 Å². The van der Waals surface area contributed by atoms with Crippen molar-refractivity contribution in [1.82, 2.24) is 4.98 Å². The fraction of sp³-hybridized carbons (Fsp3) is 0.600. The van der Waals surface area contributed by atoms with E-state index < -0.39 is 0 Å². The molecule has 2 rings (SSSR count). The lowest BCUT2D eigenvalue weighted by Crippen LogP contribution is -2.31. The van der Waals surface area contributed by atoms with Crippen LogP contribution in [0.3, 0.4) is 0 Å². The van der Waals surface area contributed by atoms with Gasteiger partial charge in [0.2, 0.25) is 0 Å². The van der Waals surface area contributed by atoms with Gasteiger partial charge in [-0.25, -0.2) is 4.98 Å². The van der Waals surface area contributed by atoms with E-state index in [1.807, 2.05) is 13.0 Å². The van der Waals surface area contributed by atoms with Gasteiger partial charge in [0.1, 0.15) is 11.9 Å². The van der Waals surface area contributed by atoms with Gasteiger partial charge in [-0.3, -0.25) is 0 Å². The van der Waals surface area contributed by atoms with Crippen molar-refractivity contribution in [3.8, 4) is 6.07 Å². The van der Waals surface area contributed by atoms with Gasteiger partial charge in [-0.05, 0) is 49.7 Å². The van der Waals surface area contributed by atoms with E-state index >= 15 is 0 Å². The predicted molar refractivity (Wildman–Crippen MR) is 73.3 cm³/mol. The third-order valence-electron chi connectivity index (χ3n) is 4.21. The molecule has 1 saturated carbocycles. The number of nitrogens with one attached hydrogen (secondary N) is 1. The molecule has 1 aromatic rings. The Morgan fingerprint density at radius 3 is 2.78 bits per heavy atom. The SMILES string of the molecule is Cc1ccnc(NC2CCC(C)C(C)C2)c1C#N. The molecular weight excluding hydrogens is 222 g/mol. The van der Waals surface area contributed by atoms with Crippen molar-refractivity contribution in [2.75, 3.05) is 5.32 Å². The van der Waals surface area contributed by atoms with Crippen LogP contribution >= 0.6 is 0 Å². The van der Waals surface area contributed by atoms with Gasteiger partial charge in [-0.2, -0.15) is 5.26 Å². The zero-order valence-electron chi connectivity index (χ0n) is 11.4. The Balaban J connectivity index is 2.11. The zero-order chi connectivity index (χ0) is 13.1. The van der Waals surface area contributed by atoms with Crippen LogP contribution in [-0.4, -0.2) is 11.0 Å². The smallest absolute Gasteiger partial charge is 0.144 e. The molecule has 1 fully saturated rings. The molecule has 0 amide bonds. The molecule has 18 heavy (non-hydrogen) atoms. The van der Waals surface area contributed by atoms with Gasteiger partial charge in [-0.15, -0.1) is 0 Å². The summed E-state index contributed by atoms with van der Waals surface area (Å²) in [5, 5.41) is 12.7. The van der Waals surface area contributed by atoms with Crippen molar-refractivity contribution in [2.24, 2.45) is 11.8 Å². The number of pyridine rings is 1. The van der Waals surface area contributed by atoms with Crippen molar-refractivity contribution < 1.29 is 0 Å². The third-order valence-corrected chi connectivity index (χ3v) is 4.21. The molecule has 0 saturated heterocycles. The first kappa shape index (κ1) is 12.9. The summed E-state index contributed by atoms with van der Waals surface area (Å²) in [6, 6.07) is 4.59. The highest BCUT2D eigenvalue weighted by molar-refractivity contribution is 5.55. The van der Waals surface area contributed by atoms with E-state index in [-0.39, 0.29) is 0 Å². The third kappa shape index (κ3) is 2.64. The van der Waals surface area contributed by atoms with E-state index in [0.717, 1.165) is 23.2 Å². The van der Waals surface area contributed by atoms with Gasteiger partial charge in [-0.1, -0.05) is 13.8 Å². The number of nitriles is 1. The van der Waals surface area contributed by atoms with Gasteiger partial charge in [0, 0.05) is 12.2 Å². The number of hydrogen-bond donors (Lipinski definition) is 1. The Kier molecular flexibility index (Phi) is 3.86. The van der Waals surface area contributed by atoms with Crippen LogP contribution in [0.25, 0.3) is 0 Å². The number of aryl methyl sites for hydroxylation is 1. The summed E-state index contributed by atoms with van der Waals surface area (Å²) < 4.78 is 0. The summed E-state index contributed by atoms with van der Waals surface area (Å²) in [6.45, 7) is 6.59. The van der Waals surface area contributed by atoms with Crippen molar-refractivity contribution in [3.05, 3.63) is 23.4 Å². The van der Waals surface area contributed by atoms with E-state index in [0.29, 0.717) is 11.6 Å². The van der Waals surface area contributed by atoms with Crippen LogP contribution in [0.4, 0.5) is 5.82 Å². The second-order valence-electron chi connectivity index (χ2n) is 5.57. The number of aromatic nitrogens is 1. The summed E-state index contributed by atoms with van der Waals surface area (Å²) in [4.78, 5) is 4.31. The first-order valence-electron chi connectivity index (χ1n) is 6.74. The summed E-state index contributed by atoms with van der Waals surface area (Å²) in [7, 11) is 0. The number of anilines is 1. The van der Waals surface area contributed by atoms with Crippen molar-refractivity contribution in [2.45, 2.75) is 46.1 Å². The average molecular weight is 243 g/mol. The molecular formula is C15H21N3. The van der Waals surface area contributed by atoms with Crippen LogP contribution < -0.4 is 5.32 Å². The highest BCUT2D eigenvalue weighted by atomic mass is 15.0. The molecule has 0 radical (unpaired) electrons. The van der Waals surface area contributed by atoms with Crippen LogP contribution in [0.5, 0.6) is 0 Å². The minimum Gasteiger partial charge on any atom is -0.366 e. The molecule has 0 bridgehead atoms. The normalized spacial score (nSPS) is 27.6. The van der Waals surface area contributed by atoms with E-state index in [9.17, 15) is 5.26 Å². The topological polar surface area (TPSA) is 48.7 Å². The highest BCUT2D eigenvalue weighted by Gasteiger charge is 2.25. The van der Waals surface area contributed by atoms with Gasteiger partial charge in [0.05, 0.1) is 5.56 Å². The molecule has 96 valence electrons. The maximum atomic E-state index is 9.19. The average Bonchev–Trinajstić information content (AvgIpc) is 2.34. The van der Waals surface area contributed by atoms with Crippen molar-refractivity contribution in [3.63, 3.8) is 0 Å². The summed E-state index contributed by atoms with van der Waals surface area (Å²) in [5.41, 5.74) is 1.68. The van der Waals surface area contributed by atoms with Gasteiger partial charge >= 0.3 is 0 Å². The van der Waals surface area contributed by atoms with Crippen LogP contribution in [0.2, 0.25) is 0 Å². The summed E-state index contributed by atoms with van der Waals surface area (Å²) in [5.74, 6) is 2.31. The lowest BCUT2D eigenvalue weighted by Gasteiger charge is -2.33. The largest absolute Gasteiger partial charge is 0.366 e. The summed E-state index contributed by atoms with van der Waals surface area (Å²) in [6.07, 6.45) is 5.37. The molecule has 3 unspecified atom stereocenters. The maximum absolute atomic E-state index is 9.19. The maximum Gasteiger partial charge on any atom is 0.144 e. The predicted octanol–water partition coefficient (Wildman–Crippen LogP) is 3.50. The highest BCUT2D eigenvalue weighted by Crippen LogP contribution is 2.31. The van der Waals surface area contributed by atoms with Gasteiger partial charge in [0.25, 0.3) is 0 Å². The molecule has 1 heterocycles. The molecule has 1 aromatic heterocycles. The second-order valence-corrected chi connectivity index (χ2v) is 5.57. The first-order valence-corrected chi connectivity index (χ1v) is 6.74. The molecule has 3 nitrogen and oxygen atoms in total. The zero-order valence-corrected chi connectivity index (χ0v) is 11.4. The molecule has 1 aliphatic rings. The van der Waals surface area contributed by atoms with E-state index in [1.165, 1.54) is 19.3 Å². The Hall–Kier alpha value is -1.56. The number of hydrogen-bond acceptors (Lipinski definition) is 3. The molecule has 1 N–H and O–H groups in total. The van der Waals surface area contributed by atoms with E-state index in [1.54, 1.807) is 6.20 Å². The Morgan fingerprint density at radius 1 is 1.33 bits per heavy atom. The Morgan fingerprint density at radius 2 is 2.11 bits per heavy atom. The van der Waals surface area contributed by atoms with E-state index in [2.05, 4.69) is 30.2 Å². The number of nitrogens with zero attached hydrogens (tertiary/aromatic N) is 2. The van der Waals surface area contributed by atoms with E-state index in [4.69, 9.17) is 0 Å². The van der Waals surface area contributed by atoms with Crippen LogP contribution in [-0.2, 0) is 0 Å². The van der Waals surface area contributed by atoms with Crippen LogP contribution in [0, 0.1) is 30.1 Å². The number of rotatable bonds is 2. The molecule has 0 aromatic carbocycles. The van der Waals surface area contributed by atoms with Gasteiger partial charge in [0.15, 0.2) is 0 Å². The summed E-state index contributed by atoms with van der Waals surface area (Å²) >= 11 is 0. The Labute approximate surface area is 109 Å². The molecule has 3 heteroatoms. The molecule has 3 atom stereocenters.